The maximum Gasteiger partial charge on any atom is 0.414 e. The number of rotatable bonds is 1. The molecule has 0 fully saturated rings. The van der Waals surface area contributed by atoms with Gasteiger partial charge in [-0.3, -0.25) is 4.90 Å². The van der Waals surface area contributed by atoms with Crippen LogP contribution in [0.4, 0.5) is 10.6 Å². The van der Waals surface area contributed by atoms with Gasteiger partial charge in [-0.1, -0.05) is 6.07 Å². The normalized spacial score (nSPS) is 9.46. The number of amides is 1. The smallest absolute Gasteiger partial charge is 0.414 e. The fourth-order valence-corrected chi connectivity index (χ4v) is 0.946. The van der Waals surface area contributed by atoms with Gasteiger partial charge in [0, 0.05) is 12.7 Å². The molecule has 1 amide bonds. The number of carbonyl (C=O) groups excluding carboxylic acids is 1. The molecule has 1 aromatic rings. The lowest BCUT2D eigenvalue weighted by Gasteiger charge is -2.14. The lowest BCUT2D eigenvalue weighted by atomic mass is 10.3. The average Bonchev–Trinajstić information content (AvgIpc) is 2.15. The molecule has 1 heterocycles. The topological polar surface area (TPSA) is 42.4 Å². The van der Waals surface area contributed by atoms with Gasteiger partial charge in [-0.25, -0.2) is 9.78 Å². The molecule has 4 heteroatoms. The van der Waals surface area contributed by atoms with Gasteiger partial charge in [-0.15, -0.1) is 0 Å². The third kappa shape index (κ3) is 2.18. The lowest BCUT2D eigenvalue weighted by molar-refractivity contribution is 0.180. The van der Waals surface area contributed by atoms with Crippen molar-refractivity contribution in [2.75, 3.05) is 19.1 Å². The molecule has 4 nitrogen and oxygen atoms in total. The number of carbonyl (C=O) groups is 1. The molecule has 70 valence electrons. The van der Waals surface area contributed by atoms with Gasteiger partial charge in [0.25, 0.3) is 0 Å². The summed E-state index contributed by atoms with van der Waals surface area (Å²) in [7, 11) is 2.96. The van der Waals surface area contributed by atoms with Crippen molar-refractivity contribution in [3.8, 4) is 0 Å². The Balaban J connectivity index is 2.88. The number of methoxy groups -OCH3 is 1. The van der Waals surface area contributed by atoms with Crippen molar-refractivity contribution < 1.29 is 9.53 Å². The van der Waals surface area contributed by atoms with Crippen LogP contribution in [0.5, 0.6) is 0 Å². The second-order valence-electron chi connectivity index (χ2n) is 2.67. The van der Waals surface area contributed by atoms with Gasteiger partial charge in [-0.2, -0.15) is 0 Å². The average molecular weight is 180 g/mol. The van der Waals surface area contributed by atoms with Crippen molar-refractivity contribution in [1.82, 2.24) is 4.98 Å². The quantitative estimate of drug-likeness (QED) is 0.659. The summed E-state index contributed by atoms with van der Waals surface area (Å²) in [5, 5.41) is 0. The van der Waals surface area contributed by atoms with Gasteiger partial charge in [0.15, 0.2) is 0 Å². The van der Waals surface area contributed by atoms with Crippen LogP contribution in [0.3, 0.4) is 0 Å². The SMILES string of the molecule is COC(=O)N(C)c1cccc(C)n1. The molecule has 0 saturated heterocycles. The van der Waals surface area contributed by atoms with E-state index in [4.69, 9.17) is 0 Å². The first-order valence-corrected chi connectivity index (χ1v) is 3.90. The second-order valence-corrected chi connectivity index (χ2v) is 2.67. The first kappa shape index (κ1) is 9.51. The lowest BCUT2D eigenvalue weighted by Crippen LogP contribution is -2.26. The molecule has 0 radical (unpaired) electrons. The summed E-state index contributed by atoms with van der Waals surface area (Å²) in [5.41, 5.74) is 0.869. The van der Waals surface area contributed by atoms with Crippen molar-refractivity contribution in [2.24, 2.45) is 0 Å². The van der Waals surface area contributed by atoms with E-state index in [1.54, 1.807) is 13.1 Å². The monoisotopic (exact) mass is 180 g/mol. The van der Waals surface area contributed by atoms with Crippen molar-refractivity contribution in [2.45, 2.75) is 6.92 Å². The molecule has 0 unspecified atom stereocenters. The zero-order valence-corrected chi connectivity index (χ0v) is 7.94. The highest BCUT2D eigenvalue weighted by Gasteiger charge is 2.10. The summed E-state index contributed by atoms with van der Waals surface area (Å²) in [6.45, 7) is 1.87. The third-order valence-electron chi connectivity index (χ3n) is 1.67. The summed E-state index contributed by atoms with van der Waals surface area (Å²) in [4.78, 5) is 16.6. The van der Waals surface area contributed by atoms with E-state index in [0.717, 1.165) is 5.69 Å². The molecular formula is C9H12N2O2. The fraction of sp³-hybridized carbons (Fsp3) is 0.333. The maximum absolute atomic E-state index is 11.1. The fourth-order valence-electron chi connectivity index (χ4n) is 0.946. The van der Waals surface area contributed by atoms with Crippen molar-refractivity contribution in [3.63, 3.8) is 0 Å². The number of ether oxygens (including phenoxy) is 1. The Morgan fingerprint density at radius 3 is 2.77 bits per heavy atom. The van der Waals surface area contributed by atoms with Crippen LogP contribution in [-0.2, 0) is 4.74 Å². The first-order chi connectivity index (χ1) is 6.15. The largest absolute Gasteiger partial charge is 0.452 e. The molecule has 0 bridgehead atoms. The van der Waals surface area contributed by atoms with Crippen LogP contribution in [-0.4, -0.2) is 25.2 Å². The van der Waals surface area contributed by atoms with Crippen molar-refractivity contribution in [1.29, 1.82) is 0 Å². The van der Waals surface area contributed by atoms with Crippen LogP contribution in [0.15, 0.2) is 18.2 Å². The van der Waals surface area contributed by atoms with Crippen LogP contribution in [0.1, 0.15) is 5.69 Å². The van der Waals surface area contributed by atoms with E-state index in [-0.39, 0.29) is 0 Å². The van der Waals surface area contributed by atoms with Crippen LogP contribution in [0.25, 0.3) is 0 Å². The van der Waals surface area contributed by atoms with Gasteiger partial charge in [-0.05, 0) is 19.1 Å². The molecule has 0 N–H and O–H groups in total. The van der Waals surface area contributed by atoms with E-state index in [9.17, 15) is 4.79 Å². The number of anilines is 1. The number of nitrogens with zero attached hydrogens (tertiary/aromatic N) is 2. The highest BCUT2D eigenvalue weighted by molar-refractivity contribution is 5.85. The minimum atomic E-state index is -0.418. The molecule has 1 aromatic heterocycles. The summed E-state index contributed by atoms with van der Waals surface area (Å²) in [6.07, 6.45) is -0.418. The van der Waals surface area contributed by atoms with E-state index in [1.165, 1.54) is 12.0 Å². The molecule has 0 saturated carbocycles. The molecule has 0 aliphatic rings. The minimum absolute atomic E-state index is 0.418. The van der Waals surface area contributed by atoms with Gasteiger partial charge >= 0.3 is 6.09 Å². The molecule has 0 aliphatic heterocycles. The number of hydrogen-bond donors (Lipinski definition) is 0. The molecule has 0 aliphatic carbocycles. The van der Waals surface area contributed by atoms with Crippen LogP contribution in [0.2, 0.25) is 0 Å². The standard InChI is InChI=1S/C9H12N2O2/c1-7-5-4-6-8(10-7)11(2)9(12)13-3/h4-6H,1-3H3. The maximum atomic E-state index is 11.1. The summed E-state index contributed by atoms with van der Waals surface area (Å²) >= 11 is 0. The van der Waals surface area contributed by atoms with Crippen molar-refractivity contribution in [3.05, 3.63) is 23.9 Å². The first-order valence-electron chi connectivity index (χ1n) is 3.90. The van der Waals surface area contributed by atoms with E-state index >= 15 is 0 Å². The van der Waals surface area contributed by atoms with Crippen LogP contribution in [0, 0.1) is 6.92 Å². The Morgan fingerprint density at radius 1 is 1.54 bits per heavy atom. The highest BCUT2D eigenvalue weighted by atomic mass is 16.5. The van der Waals surface area contributed by atoms with Gasteiger partial charge in [0.2, 0.25) is 0 Å². The molecule has 0 atom stereocenters. The molecule has 1 rings (SSSR count). The number of aromatic nitrogens is 1. The van der Waals surface area contributed by atoms with Gasteiger partial charge in [0.1, 0.15) is 5.82 Å². The van der Waals surface area contributed by atoms with Crippen molar-refractivity contribution >= 4 is 11.9 Å². The van der Waals surface area contributed by atoms with E-state index in [0.29, 0.717) is 5.82 Å². The third-order valence-corrected chi connectivity index (χ3v) is 1.67. The Labute approximate surface area is 77.1 Å². The Morgan fingerprint density at radius 2 is 2.23 bits per heavy atom. The molecule has 0 spiro atoms. The number of pyridine rings is 1. The van der Waals surface area contributed by atoms with Crippen LogP contribution >= 0.6 is 0 Å². The Hall–Kier alpha value is -1.58. The summed E-state index contributed by atoms with van der Waals surface area (Å²) in [6, 6.07) is 5.47. The van der Waals surface area contributed by atoms with Gasteiger partial charge < -0.3 is 4.74 Å². The number of hydrogen-bond acceptors (Lipinski definition) is 3. The molecular weight excluding hydrogens is 168 g/mol. The summed E-state index contributed by atoms with van der Waals surface area (Å²) < 4.78 is 4.55. The van der Waals surface area contributed by atoms with Gasteiger partial charge in [0.05, 0.1) is 7.11 Å². The minimum Gasteiger partial charge on any atom is -0.452 e. The zero-order chi connectivity index (χ0) is 9.84. The van der Waals surface area contributed by atoms with E-state index in [2.05, 4.69) is 9.72 Å². The van der Waals surface area contributed by atoms with E-state index in [1.807, 2.05) is 19.1 Å². The Kier molecular flexibility index (Phi) is 2.84. The Bertz CT molecular complexity index is 312. The zero-order valence-electron chi connectivity index (χ0n) is 7.94. The number of aryl methyl sites for hydroxylation is 1. The predicted octanol–water partition coefficient (Wildman–Crippen LogP) is 1.59. The second kappa shape index (κ2) is 3.89. The van der Waals surface area contributed by atoms with E-state index < -0.39 is 6.09 Å². The molecule has 0 aromatic carbocycles. The highest BCUT2D eigenvalue weighted by Crippen LogP contribution is 2.09. The predicted molar refractivity (Wildman–Crippen MR) is 49.8 cm³/mol. The van der Waals surface area contributed by atoms with Crippen LogP contribution < -0.4 is 4.90 Å². The molecule has 13 heavy (non-hydrogen) atoms. The summed E-state index contributed by atoms with van der Waals surface area (Å²) in [5.74, 6) is 0.590.